The molecular weight excluding hydrogens is 534 g/mol. The summed E-state index contributed by atoms with van der Waals surface area (Å²) in [6.07, 6.45) is 1.29. The van der Waals surface area contributed by atoms with Crippen molar-refractivity contribution in [3.8, 4) is 22.5 Å². The van der Waals surface area contributed by atoms with Crippen molar-refractivity contribution in [2.24, 2.45) is 5.92 Å². The Morgan fingerprint density at radius 1 is 0.905 bits per heavy atom. The molecule has 0 radical (unpaired) electrons. The predicted molar refractivity (Wildman–Crippen MR) is 157 cm³/mol. The monoisotopic (exact) mass is 569 g/mol. The highest BCUT2D eigenvalue weighted by molar-refractivity contribution is 5.86. The molecule has 10 nitrogen and oxygen atoms in total. The van der Waals surface area contributed by atoms with E-state index < -0.39 is 18.1 Å². The van der Waals surface area contributed by atoms with Gasteiger partial charge in [-0.3, -0.25) is 9.69 Å². The fraction of sp³-hybridized carbons (Fsp3) is 0.312. The Hall–Kier alpha value is -4.86. The van der Waals surface area contributed by atoms with E-state index >= 15 is 0 Å². The SMILES string of the molecule is CCCCC(=O)n1nnnc1-c1ccccc1-c1ccc(CN(C(=O)OCc2ccccc2)[C@H](C(=O)O)C(C)C)cc1. The van der Waals surface area contributed by atoms with Crippen LogP contribution in [0.15, 0.2) is 78.9 Å². The van der Waals surface area contributed by atoms with Gasteiger partial charge in [0.05, 0.1) is 0 Å². The van der Waals surface area contributed by atoms with Crippen molar-refractivity contribution in [1.29, 1.82) is 0 Å². The lowest BCUT2D eigenvalue weighted by Crippen LogP contribution is -2.47. The van der Waals surface area contributed by atoms with Gasteiger partial charge in [-0.25, -0.2) is 9.59 Å². The molecule has 10 heteroatoms. The van der Waals surface area contributed by atoms with Crippen LogP contribution in [0.5, 0.6) is 0 Å². The molecule has 1 aromatic heterocycles. The Bertz CT molecular complexity index is 1500. The van der Waals surface area contributed by atoms with E-state index in [1.54, 1.807) is 13.8 Å². The van der Waals surface area contributed by atoms with Crippen molar-refractivity contribution in [2.45, 2.75) is 59.2 Å². The third kappa shape index (κ3) is 7.25. The van der Waals surface area contributed by atoms with Crippen LogP contribution < -0.4 is 0 Å². The number of hydrogen-bond acceptors (Lipinski definition) is 7. The number of carbonyl (C=O) groups is 3. The van der Waals surface area contributed by atoms with Crippen molar-refractivity contribution in [2.75, 3.05) is 0 Å². The van der Waals surface area contributed by atoms with E-state index in [2.05, 4.69) is 15.5 Å². The number of hydrogen-bond donors (Lipinski definition) is 1. The summed E-state index contributed by atoms with van der Waals surface area (Å²) in [6, 6.07) is 23.2. The van der Waals surface area contributed by atoms with E-state index in [0.29, 0.717) is 17.8 Å². The van der Waals surface area contributed by atoms with Crippen molar-refractivity contribution in [3.63, 3.8) is 0 Å². The molecule has 42 heavy (non-hydrogen) atoms. The van der Waals surface area contributed by atoms with Crippen LogP contribution in [0.3, 0.4) is 0 Å². The maximum atomic E-state index is 13.2. The second-order valence-electron chi connectivity index (χ2n) is 10.3. The summed E-state index contributed by atoms with van der Waals surface area (Å²) < 4.78 is 6.77. The van der Waals surface area contributed by atoms with E-state index in [4.69, 9.17) is 4.74 Å². The second-order valence-corrected chi connectivity index (χ2v) is 10.3. The molecule has 1 amide bonds. The molecule has 4 rings (SSSR count). The first-order valence-corrected chi connectivity index (χ1v) is 14.0. The van der Waals surface area contributed by atoms with Crippen molar-refractivity contribution >= 4 is 18.0 Å². The first-order valence-electron chi connectivity index (χ1n) is 14.0. The van der Waals surface area contributed by atoms with E-state index in [9.17, 15) is 19.5 Å². The van der Waals surface area contributed by atoms with Crippen LogP contribution >= 0.6 is 0 Å². The lowest BCUT2D eigenvalue weighted by Gasteiger charge is -2.31. The number of carboxylic acid groups (broad SMARTS) is 1. The maximum Gasteiger partial charge on any atom is 0.411 e. The molecule has 1 atom stereocenters. The Morgan fingerprint density at radius 2 is 1.57 bits per heavy atom. The van der Waals surface area contributed by atoms with E-state index in [1.165, 1.54) is 9.58 Å². The van der Waals surface area contributed by atoms with Gasteiger partial charge in [0.2, 0.25) is 5.91 Å². The molecule has 1 heterocycles. The quantitative estimate of drug-likeness (QED) is 0.203. The van der Waals surface area contributed by atoms with Crippen molar-refractivity contribution in [3.05, 3.63) is 90.0 Å². The van der Waals surface area contributed by atoms with Gasteiger partial charge < -0.3 is 9.84 Å². The van der Waals surface area contributed by atoms with Crippen LogP contribution in [0.1, 0.15) is 56.0 Å². The Balaban J connectivity index is 1.58. The van der Waals surface area contributed by atoms with Crippen LogP contribution in [0, 0.1) is 5.92 Å². The number of benzene rings is 3. The van der Waals surface area contributed by atoms with Crippen LogP contribution in [0.25, 0.3) is 22.5 Å². The van der Waals surface area contributed by atoms with E-state index in [0.717, 1.165) is 35.1 Å². The number of aromatic nitrogens is 4. The Labute approximate surface area is 244 Å². The van der Waals surface area contributed by atoms with Gasteiger partial charge in [0, 0.05) is 18.5 Å². The zero-order valence-corrected chi connectivity index (χ0v) is 24.0. The molecule has 3 aromatic carbocycles. The number of amides is 1. The van der Waals surface area contributed by atoms with Gasteiger partial charge in [0.1, 0.15) is 12.6 Å². The average Bonchev–Trinajstić information content (AvgIpc) is 3.49. The minimum Gasteiger partial charge on any atom is -0.480 e. The van der Waals surface area contributed by atoms with Gasteiger partial charge in [-0.05, 0) is 45.0 Å². The minimum atomic E-state index is -1.10. The number of unbranched alkanes of at least 4 members (excludes halogenated alkanes) is 1. The molecule has 0 aliphatic rings. The molecule has 0 unspecified atom stereocenters. The molecular formula is C32H35N5O5. The standard InChI is InChI=1S/C32H35N5O5/c1-4-5-15-28(38)37-30(33-34-35-37)27-14-10-9-13-26(27)25-18-16-23(17-19-25)20-36(29(22(2)3)31(39)40)32(41)42-21-24-11-7-6-8-12-24/h6-14,16-19,22,29H,4-5,15,20-21H2,1-3H3,(H,39,40)/t29-/m0/s1. The van der Waals surface area contributed by atoms with Crippen molar-refractivity contribution < 1.29 is 24.2 Å². The topological polar surface area (TPSA) is 128 Å². The first kappa shape index (κ1) is 30.1. The van der Waals surface area contributed by atoms with Gasteiger partial charge in [0.15, 0.2) is 5.82 Å². The average molecular weight is 570 g/mol. The molecule has 4 aromatic rings. The second kappa shape index (κ2) is 14.2. The number of aliphatic carboxylic acids is 1. The van der Waals surface area contributed by atoms with Crippen molar-refractivity contribution in [1.82, 2.24) is 25.1 Å². The predicted octanol–water partition coefficient (Wildman–Crippen LogP) is 6.09. The normalized spacial score (nSPS) is 11.7. The number of carbonyl (C=O) groups excluding carboxylic acids is 2. The highest BCUT2D eigenvalue weighted by atomic mass is 16.6. The van der Waals surface area contributed by atoms with Crippen LogP contribution in [-0.4, -0.2) is 54.2 Å². The fourth-order valence-corrected chi connectivity index (χ4v) is 4.73. The smallest absolute Gasteiger partial charge is 0.411 e. The van der Waals surface area contributed by atoms with Gasteiger partial charge in [-0.1, -0.05) is 106 Å². The number of tetrazole rings is 1. The third-order valence-electron chi connectivity index (χ3n) is 6.90. The lowest BCUT2D eigenvalue weighted by molar-refractivity contribution is -0.144. The Morgan fingerprint density at radius 3 is 2.21 bits per heavy atom. The number of ether oxygens (including phenoxy) is 1. The summed E-state index contributed by atoms with van der Waals surface area (Å²) in [6.45, 7) is 5.63. The van der Waals surface area contributed by atoms with Gasteiger partial charge >= 0.3 is 12.1 Å². The first-order chi connectivity index (χ1) is 20.3. The molecule has 0 aliphatic carbocycles. The third-order valence-corrected chi connectivity index (χ3v) is 6.90. The molecule has 0 saturated heterocycles. The highest BCUT2D eigenvalue weighted by Crippen LogP contribution is 2.31. The maximum absolute atomic E-state index is 13.2. The highest BCUT2D eigenvalue weighted by Gasteiger charge is 2.33. The Kier molecular flexibility index (Phi) is 10.1. The lowest BCUT2D eigenvalue weighted by atomic mass is 9.97. The zero-order chi connectivity index (χ0) is 30.1. The van der Waals surface area contributed by atoms with Crippen LogP contribution in [-0.2, 0) is 22.7 Å². The molecule has 1 N–H and O–H groups in total. The molecule has 218 valence electrons. The summed E-state index contributed by atoms with van der Waals surface area (Å²) in [5.74, 6) is -1.24. The molecule has 0 spiro atoms. The summed E-state index contributed by atoms with van der Waals surface area (Å²) in [7, 11) is 0. The summed E-state index contributed by atoms with van der Waals surface area (Å²) in [5, 5.41) is 21.8. The van der Waals surface area contributed by atoms with E-state index in [1.807, 2.05) is 85.8 Å². The number of rotatable bonds is 12. The molecule has 0 aliphatic heterocycles. The fourth-order valence-electron chi connectivity index (χ4n) is 4.73. The largest absolute Gasteiger partial charge is 0.480 e. The van der Waals surface area contributed by atoms with Gasteiger partial charge in [-0.2, -0.15) is 4.68 Å². The molecule has 0 saturated carbocycles. The molecule has 0 fully saturated rings. The minimum absolute atomic E-state index is 0.0384. The summed E-state index contributed by atoms with van der Waals surface area (Å²) in [4.78, 5) is 39.3. The zero-order valence-electron chi connectivity index (χ0n) is 24.0. The summed E-state index contributed by atoms with van der Waals surface area (Å²) in [5.41, 5.74) is 3.93. The molecule has 0 bridgehead atoms. The van der Waals surface area contributed by atoms with Crippen LogP contribution in [0.2, 0.25) is 0 Å². The summed E-state index contributed by atoms with van der Waals surface area (Å²) >= 11 is 0. The van der Waals surface area contributed by atoms with E-state index in [-0.39, 0.29) is 25.0 Å². The van der Waals surface area contributed by atoms with Gasteiger partial charge in [-0.15, -0.1) is 5.10 Å². The van der Waals surface area contributed by atoms with Gasteiger partial charge in [0.25, 0.3) is 0 Å². The number of carboxylic acids is 1. The number of nitrogens with zero attached hydrogens (tertiary/aromatic N) is 5. The van der Waals surface area contributed by atoms with Crippen LogP contribution in [0.4, 0.5) is 4.79 Å².